The SMILES string of the molecule is CC(C)C(N)CCCc1cncs1. The lowest BCUT2D eigenvalue weighted by atomic mass is 9.99. The number of hydrogen-bond donors (Lipinski definition) is 1. The van der Waals surface area contributed by atoms with E-state index in [9.17, 15) is 0 Å². The van der Waals surface area contributed by atoms with Gasteiger partial charge < -0.3 is 5.73 Å². The van der Waals surface area contributed by atoms with Crippen molar-refractivity contribution in [1.82, 2.24) is 4.98 Å². The molecular weight excluding hydrogens is 180 g/mol. The van der Waals surface area contributed by atoms with E-state index >= 15 is 0 Å². The lowest BCUT2D eigenvalue weighted by Gasteiger charge is -2.14. The van der Waals surface area contributed by atoms with Gasteiger partial charge in [-0.05, 0) is 25.2 Å². The van der Waals surface area contributed by atoms with Crippen molar-refractivity contribution in [2.24, 2.45) is 11.7 Å². The first-order chi connectivity index (χ1) is 6.20. The quantitative estimate of drug-likeness (QED) is 0.789. The summed E-state index contributed by atoms with van der Waals surface area (Å²) in [5.41, 5.74) is 7.83. The molecule has 1 rings (SSSR count). The average Bonchev–Trinajstić information content (AvgIpc) is 2.56. The Morgan fingerprint density at radius 1 is 1.54 bits per heavy atom. The van der Waals surface area contributed by atoms with Gasteiger partial charge in [0.15, 0.2) is 0 Å². The van der Waals surface area contributed by atoms with Crippen LogP contribution >= 0.6 is 11.3 Å². The lowest BCUT2D eigenvalue weighted by Crippen LogP contribution is -2.26. The molecule has 0 radical (unpaired) electrons. The summed E-state index contributed by atoms with van der Waals surface area (Å²) in [7, 11) is 0. The van der Waals surface area contributed by atoms with Crippen LogP contribution in [0.1, 0.15) is 31.6 Å². The maximum atomic E-state index is 5.94. The zero-order chi connectivity index (χ0) is 9.68. The van der Waals surface area contributed by atoms with Gasteiger partial charge in [-0.15, -0.1) is 11.3 Å². The van der Waals surface area contributed by atoms with Crippen LogP contribution in [0.3, 0.4) is 0 Å². The van der Waals surface area contributed by atoms with Gasteiger partial charge in [0.2, 0.25) is 0 Å². The maximum absolute atomic E-state index is 5.94. The summed E-state index contributed by atoms with van der Waals surface area (Å²) < 4.78 is 0. The fourth-order valence-corrected chi connectivity index (χ4v) is 1.85. The van der Waals surface area contributed by atoms with Gasteiger partial charge in [0, 0.05) is 17.1 Å². The molecule has 1 atom stereocenters. The Morgan fingerprint density at radius 3 is 2.85 bits per heavy atom. The first-order valence-electron chi connectivity index (χ1n) is 4.83. The number of aromatic nitrogens is 1. The van der Waals surface area contributed by atoms with Crippen molar-refractivity contribution < 1.29 is 0 Å². The second-order valence-corrected chi connectivity index (χ2v) is 4.74. The summed E-state index contributed by atoms with van der Waals surface area (Å²) in [5.74, 6) is 0.599. The Labute approximate surface area is 84.2 Å². The zero-order valence-electron chi connectivity index (χ0n) is 8.36. The van der Waals surface area contributed by atoms with Gasteiger partial charge in [0.25, 0.3) is 0 Å². The molecule has 1 aromatic heterocycles. The van der Waals surface area contributed by atoms with Gasteiger partial charge in [-0.3, -0.25) is 4.98 Å². The highest BCUT2D eigenvalue weighted by Crippen LogP contribution is 2.12. The second-order valence-electron chi connectivity index (χ2n) is 3.77. The Bertz CT molecular complexity index is 219. The normalized spacial score (nSPS) is 13.5. The molecule has 0 saturated heterocycles. The summed E-state index contributed by atoms with van der Waals surface area (Å²) in [5, 5.41) is 0. The molecular formula is C10H18N2S. The largest absolute Gasteiger partial charge is 0.327 e. The minimum atomic E-state index is 0.355. The lowest BCUT2D eigenvalue weighted by molar-refractivity contribution is 0.452. The van der Waals surface area contributed by atoms with Gasteiger partial charge in [-0.1, -0.05) is 13.8 Å². The van der Waals surface area contributed by atoms with Crippen molar-refractivity contribution in [2.75, 3.05) is 0 Å². The number of nitrogens with zero attached hydrogens (tertiary/aromatic N) is 1. The molecule has 0 amide bonds. The van der Waals surface area contributed by atoms with Gasteiger partial charge in [0.1, 0.15) is 0 Å². The fraction of sp³-hybridized carbons (Fsp3) is 0.700. The van der Waals surface area contributed by atoms with Crippen molar-refractivity contribution in [3.63, 3.8) is 0 Å². The molecule has 2 nitrogen and oxygen atoms in total. The van der Waals surface area contributed by atoms with Crippen molar-refractivity contribution in [1.29, 1.82) is 0 Å². The van der Waals surface area contributed by atoms with Gasteiger partial charge in [-0.25, -0.2) is 0 Å². The minimum absolute atomic E-state index is 0.355. The molecule has 0 saturated carbocycles. The van der Waals surface area contributed by atoms with E-state index < -0.39 is 0 Å². The summed E-state index contributed by atoms with van der Waals surface area (Å²) in [6.45, 7) is 4.36. The van der Waals surface area contributed by atoms with E-state index in [0.29, 0.717) is 12.0 Å². The zero-order valence-corrected chi connectivity index (χ0v) is 9.18. The molecule has 0 aromatic carbocycles. The van der Waals surface area contributed by atoms with Crippen LogP contribution in [0.5, 0.6) is 0 Å². The van der Waals surface area contributed by atoms with Gasteiger partial charge in [0.05, 0.1) is 5.51 Å². The molecule has 74 valence electrons. The molecule has 0 fully saturated rings. The van der Waals surface area contributed by atoms with Crippen molar-refractivity contribution in [3.05, 3.63) is 16.6 Å². The molecule has 1 unspecified atom stereocenters. The standard InChI is InChI=1S/C10H18N2S/c1-8(2)10(11)5-3-4-9-6-12-7-13-9/h6-8,10H,3-5,11H2,1-2H3. The van der Waals surface area contributed by atoms with Crippen molar-refractivity contribution in [2.45, 2.75) is 39.2 Å². The predicted octanol–water partition coefficient (Wildman–Crippen LogP) is 2.45. The number of rotatable bonds is 5. The van der Waals surface area contributed by atoms with Crippen molar-refractivity contribution in [3.8, 4) is 0 Å². The monoisotopic (exact) mass is 198 g/mol. The highest BCUT2D eigenvalue weighted by atomic mass is 32.1. The summed E-state index contributed by atoms with van der Waals surface area (Å²) in [4.78, 5) is 5.41. The van der Waals surface area contributed by atoms with E-state index in [0.717, 1.165) is 12.8 Å². The highest BCUT2D eigenvalue weighted by molar-refractivity contribution is 7.09. The van der Waals surface area contributed by atoms with Gasteiger partial charge >= 0.3 is 0 Å². The molecule has 3 heteroatoms. The third-order valence-electron chi connectivity index (χ3n) is 2.30. The molecule has 0 spiro atoms. The summed E-state index contributed by atoms with van der Waals surface area (Å²) in [6.07, 6.45) is 5.38. The molecule has 0 bridgehead atoms. The van der Waals surface area contributed by atoms with E-state index in [1.807, 2.05) is 11.7 Å². The van der Waals surface area contributed by atoms with E-state index in [-0.39, 0.29) is 0 Å². The average molecular weight is 198 g/mol. The first-order valence-corrected chi connectivity index (χ1v) is 5.71. The van der Waals surface area contributed by atoms with Gasteiger partial charge in [-0.2, -0.15) is 0 Å². The molecule has 1 heterocycles. The third-order valence-corrected chi connectivity index (χ3v) is 3.14. The van der Waals surface area contributed by atoms with Crippen LogP contribution in [0, 0.1) is 5.92 Å². The molecule has 1 aromatic rings. The Balaban J connectivity index is 2.14. The summed E-state index contributed by atoms with van der Waals surface area (Å²) >= 11 is 1.73. The topological polar surface area (TPSA) is 38.9 Å². The smallest absolute Gasteiger partial charge is 0.0794 e. The number of nitrogens with two attached hydrogens (primary N) is 1. The van der Waals surface area contributed by atoms with Crippen LogP contribution < -0.4 is 5.73 Å². The molecule has 0 aliphatic rings. The predicted molar refractivity (Wildman–Crippen MR) is 57.9 cm³/mol. The molecule has 0 aliphatic carbocycles. The number of thiazole rings is 1. The van der Waals surface area contributed by atoms with E-state index in [4.69, 9.17) is 5.73 Å². The van der Waals surface area contributed by atoms with Crippen LogP contribution in [-0.4, -0.2) is 11.0 Å². The van der Waals surface area contributed by atoms with E-state index in [1.165, 1.54) is 11.3 Å². The number of aryl methyl sites for hydroxylation is 1. The minimum Gasteiger partial charge on any atom is -0.327 e. The Morgan fingerprint density at radius 2 is 2.31 bits per heavy atom. The molecule has 13 heavy (non-hydrogen) atoms. The second kappa shape index (κ2) is 5.35. The van der Waals surface area contributed by atoms with Crippen LogP contribution in [0.2, 0.25) is 0 Å². The fourth-order valence-electron chi connectivity index (χ4n) is 1.21. The van der Waals surface area contributed by atoms with Crippen LogP contribution in [0.15, 0.2) is 11.7 Å². The van der Waals surface area contributed by atoms with Crippen LogP contribution in [-0.2, 0) is 6.42 Å². The van der Waals surface area contributed by atoms with Crippen molar-refractivity contribution >= 4 is 11.3 Å². The summed E-state index contributed by atoms with van der Waals surface area (Å²) in [6, 6.07) is 0.355. The first kappa shape index (κ1) is 10.7. The molecule has 2 N–H and O–H groups in total. The van der Waals surface area contributed by atoms with E-state index in [2.05, 4.69) is 18.8 Å². The van der Waals surface area contributed by atoms with E-state index in [1.54, 1.807) is 11.3 Å². The maximum Gasteiger partial charge on any atom is 0.0794 e. The van der Waals surface area contributed by atoms with Crippen LogP contribution in [0.25, 0.3) is 0 Å². The van der Waals surface area contributed by atoms with Crippen LogP contribution in [0.4, 0.5) is 0 Å². The Kier molecular flexibility index (Phi) is 4.39. The Hall–Kier alpha value is -0.410. The molecule has 0 aliphatic heterocycles. The number of hydrogen-bond acceptors (Lipinski definition) is 3. The highest BCUT2D eigenvalue weighted by Gasteiger charge is 2.06. The third kappa shape index (κ3) is 3.87.